The first-order valence-corrected chi connectivity index (χ1v) is 6.60. The topological polar surface area (TPSA) is 75.4 Å². The van der Waals surface area contributed by atoms with Gasteiger partial charge in [-0.3, -0.25) is 4.68 Å². The van der Waals surface area contributed by atoms with Crippen LogP contribution in [0.4, 0.5) is 0 Å². The molecule has 8 heteroatoms. The number of aliphatic hydroxyl groups is 1. The van der Waals surface area contributed by atoms with E-state index in [0.29, 0.717) is 13.0 Å². The predicted octanol–water partition coefficient (Wildman–Crippen LogP) is -0.171. The van der Waals surface area contributed by atoms with Crippen LogP contribution < -0.4 is 0 Å². The number of β-amino-alcohol motifs (C(OH)–C–C–N with tert-alkyl or cyclic N) is 1. The molecule has 1 fully saturated rings. The van der Waals surface area contributed by atoms with Crippen LogP contribution in [0.5, 0.6) is 0 Å². The van der Waals surface area contributed by atoms with Crippen LogP contribution in [0.2, 0.25) is 5.02 Å². The SMILES string of the molecule is Cn1ncc(Cl)c1S(=O)(=O)N1CC[C@@H](O)C1. The summed E-state index contributed by atoms with van der Waals surface area (Å²) in [5, 5.41) is 13.2. The highest BCUT2D eigenvalue weighted by molar-refractivity contribution is 7.89. The monoisotopic (exact) mass is 265 g/mol. The second-order valence-electron chi connectivity index (χ2n) is 3.73. The molecule has 1 saturated heterocycles. The van der Waals surface area contributed by atoms with E-state index in [4.69, 9.17) is 11.6 Å². The number of halogens is 1. The van der Waals surface area contributed by atoms with E-state index in [0.717, 1.165) is 0 Å². The Morgan fingerprint density at radius 1 is 1.62 bits per heavy atom. The predicted molar refractivity (Wildman–Crippen MR) is 57.6 cm³/mol. The van der Waals surface area contributed by atoms with Crippen LogP contribution in [0.1, 0.15) is 6.42 Å². The van der Waals surface area contributed by atoms with E-state index in [1.54, 1.807) is 0 Å². The lowest BCUT2D eigenvalue weighted by molar-refractivity contribution is 0.189. The highest BCUT2D eigenvalue weighted by Gasteiger charge is 2.35. The molecule has 2 rings (SSSR count). The number of rotatable bonds is 2. The van der Waals surface area contributed by atoms with Gasteiger partial charge in [-0.1, -0.05) is 11.6 Å². The zero-order valence-corrected chi connectivity index (χ0v) is 10.2. The minimum absolute atomic E-state index is 0.0248. The van der Waals surface area contributed by atoms with Crippen LogP contribution in [-0.2, 0) is 17.1 Å². The molecule has 1 aromatic heterocycles. The van der Waals surface area contributed by atoms with Gasteiger partial charge in [-0.2, -0.15) is 9.40 Å². The maximum atomic E-state index is 12.2. The molecular formula is C8H12ClN3O3S. The lowest BCUT2D eigenvalue weighted by atomic mass is 10.3. The van der Waals surface area contributed by atoms with Crippen LogP contribution in [-0.4, -0.2) is 46.8 Å². The summed E-state index contributed by atoms with van der Waals surface area (Å²) in [4.78, 5) is 0. The highest BCUT2D eigenvalue weighted by Crippen LogP contribution is 2.26. The molecule has 0 aliphatic carbocycles. The van der Waals surface area contributed by atoms with Gasteiger partial charge in [0.15, 0.2) is 5.03 Å². The molecule has 1 aliphatic heterocycles. The summed E-state index contributed by atoms with van der Waals surface area (Å²) in [5.74, 6) is 0. The molecule has 0 unspecified atom stereocenters. The first kappa shape index (κ1) is 11.8. The molecule has 0 amide bonds. The van der Waals surface area contributed by atoms with Crippen molar-refractivity contribution < 1.29 is 13.5 Å². The number of hydrogen-bond donors (Lipinski definition) is 1. The first-order chi connectivity index (χ1) is 7.43. The van der Waals surface area contributed by atoms with Gasteiger partial charge in [-0.05, 0) is 6.42 Å². The van der Waals surface area contributed by atoms with Crippen molar-refractivity contribution in [2.45, 2.75) is 17.6 Å². The Bertz CT molecular complexity index is 479. The third-order valence-electron chi connectivity index (χ3n) is 2.55. The molecule has 0 spiro atoms. The summed E-state index contributed by atoms with van der Waals surface area (Å²) in [5.41, 5.74) is 0. The number of sulfonamides is 1. The highest BCUT2D eigenvalue weighted by atomic mass is 35.5. The average Bonchev–Trinajstić information content (AvgIpc) is 2.74. The fourth-order valence-electron chi connectivity index (χ4n) is 1.74. The molecule has 1 N–H and O–H groups in total. The van der Waals surface area contributed by atoms with E-state index in [1.165, 1.54) is 22.2 Å². The zero-order valence-electron chi connectivity index (χ0n) is 8.67. The van der Waals surface area contributed by atoms with Gasteiger partial charge in [-0.15, -0.1) is 0 Å². The standard InChI is InChI=1S/C8H12ClN3O3S/c1-11-8(7(9)4-10-11)16(14,15)12-3-2-6(13)5-12/h4,6,13H,2-3,5H2,1H3/t6-/m1/s1. The molecule has 16 heavy (non-hydrogen) atoms. The minimum Gasteiger partial charge on any atom is -0.392 e. The number of aryl methyl sites for hydroxylation is 1. The van der Waals surface area contributed by atoms with Crippen LogP contribution >= 0.6 is 11.6 Å². The van der Waals surface area contributed by atoms with Crippen molar-refractivity contribution in [3.63, 3.8) is 0 Å². The van der Waals surface area contributed by atoms with E-state index >= 15 is 0 Å². The molecule has 90 valence electrons. The quantitative estimate of drug-likeness (QED) is 0.806. The number of aliphatic hydroxyl groups excluding tert-OH is 1. The molecular weight excluding hydrogens is 254 g/mol. The molecule has 6 nitrogen and oxygen atoms in total. The molecule has 1 atom stereocenters. The molecule has 0 radical (unpaired) electrons. The fraction of sp³-hybridized carbons (Fsp3) is 0.625. The van der Waals surface area contributed by atoms with Gasteiger partial charge in [0.1, 0.15) is 0 Å². The summed E-state index contributed by atoms with van der Waals surface area (Å²) < 4.78 is 26.8. The Kier molecular flexibility index (Phi) is 2.95. The van der Waals surface area contributed by atoms with Gasteiger partial charge in [0.05, 0.1) is 17.3 Å². The second kappa shape index (κ2) is 3.99. The van der Waals surface area contributed by atoms with Gasteiger partial charge >= 0.3 is 0 Å². The summed E-state index contributed by atoms with van der Waals surface area (Å²) in [6.07, 6.45) is 1.15. The Balaban J connectivity index is 2.40. The average molecular weight is 266 g/mol. The molecule has 1 aliphatic rings. The van der Waals surface area contributed by atoms with Gasteiger partial charge in [-0.25, -0.2) is 8.42 Å². The Labute approximate surface area is 98.5 Å². The first-order valence-electron chi connectivity index (χ1n) is 4.78. The van der Waals surface area contributed by atoms with E-state index in [-0.39, 0.29) is 16.6 Å². The number of nitrogens with zero attached hydrogens (tertiary/aromatic N) is 3. The molecule has 0 aromatic carbocycles. The largest absolute Gasteiger partial charge is 0.392 e. The van der Waals surface area contributed by atoms with Crippen LogP contribution in [0.15, 0.2) is 11.2 Å². The normalized spacial score (nSPS) is 22.8. The van der Waals surface area contributed by atoms with Gasteiger partial charge in [0.2, 0.25) is 0 Å². The Morgan fingerprint density at radius 2 is 2.31 bits per heavy atom. The maximum Gasteiger partial charge on any atom is 0.261 e. The van der Waals surface area contributed by atoms with E-state index < -0.39 is 16.1 Å². The van der Waals surface area contributed by atoms with Crippen molar-refractivity contribution in [1.29, 1.82) is 0 Å². The van der Waals surface area contributed by atoms with Crippen molar-refractivity contribution in [3.05, 3.63) is 11.2 Å². The van der Waals surface area contributed by atoms with Crippen molar-refractivity contribution >= 4 is 21.6 Å². The van der Waals surface area contributed by atoms with Crippen molar-refractivity contribution in [2.75, 3.05) is 13.1 Å². The summed E-state index contributed by atoms with van der Waals surface area (Å²) in [7, 11) is -2.13. The summed E-state index contributed by atoms with van der Waals surface area (Å²) >= 11 is 5.79. The van der Waals surface area contributed by atoms with Gasteiger partial charge < -0.3 is 5.11 Å². The van der Waals surface area contributed by atoms with Crippen LogP contribution in [0.3, 0.4) is 0 Å². The second-order valence-corrected chi connectivity index (χ2v) is 5.99. The van der Waals surface area contributed by atoms with Gasteiger partial charge in [0, 0.05) is 20.1 Å². The molecule has 1 aromatic rings. The van der Waals surface area contributed by atoms with Gasteiger partial charge in [0.25, 0.3) is 10.0 Å². The maximum absolute atomic E-state index is 12.2. The third-order valence-corrected chi connectivity index (χ3v) is 4.93. The van der Waals surface area contributed by atoms with Crippen molar-refractivity contribution in [2.24, 2.45) is 7.05 Å². The Hall–Kier alpha value is -0.630. The smallest absolute Gasteiger partial charge is 0.261 e. The van der Waals surface area contributed by atoms with E-state index in [9.17, 15) is 13.5 Å². The number of aromatic nitrogens is 2. The van der Waals surface area contributed by atoms with E-state index in [1.807, 2.05) is 0 Å². The van der Waals surface area contributed by atoms with Crippen molar-refractivity contribution in [3.8, 4) is 0 Å². The lowest BCUT2D eigenvalue weighted by Gasteiger charge is -2.15. The Morgan fingerprint density at radius 3 is 2.75 bits per heavy atom. The van der Waals surface area contributed by atoms with E-state index in [2.05, 4.69) is 5.10 Å². The zero-order chi connectivity index (χ0) is 11.9. The molecule has 0 saturated carbocycles. The summed E-state index contributed by atoms with van der Waals surface area (Å²) in [6, 6.07) is 0. The molecule has 2 heterocycles. The number of hydrogen-bond acceptors (Lipinski definition) is 4. The lowest BCUT2D eigenvalue weighted by Crippen LogP contribution is -2.31. The van der Waals surface area contributed by atoms with Crippen LogP contribution in [0, 0.1) is 0 Å². The third kappa shape index (κ3) is 1.84. The fourth-order valence-corrected chi connectivity index (χ4v) is 3.84. The molecule has 0 bridgehead atoms. The summed E-state index contributed by atoms with van der Waals surface area (Å²) in [6.45, 7) is 0.425. The minimum atomic E-state index is -3.65. The van der Waals surface area contributed by atoms with Crippen LogP contribution in [0.25, 0.3) is 0 Å². The van der Waals surface area contributed by atoms with Crippen molar-refractivity contribution in [1.82, 2.24) is 14.1 Å².